The van der Waals surface area contributed by atoms with Crippen molar-refractivity contribution in [3.63, 3.8) is 0 Å². The van der Waals surface area contributed by atoms with Gasteiger partial charge in [0.05, 0.1) is 19.5 Å². The van der Waals surface area contributed by atoms with E-state index in [4.69, 9.17) is 0 Å². The lowest BCUT2D eigenvalue weighted by molar-refractivity contribution is -0.138. The van der Waals surface area contributed by atoms with Gasteiger partial charge in [0.15, 0.2) is 11.7 Å². The molecule has 2 aromatic rings. The monoisotopic (exact) mass is 293 g/mol. The molecule has 8 heteroatoms. The molecule has 2 heterocycles. The number of carboxylic acids is 1. The predicted molar refractivity (Wildman–Crippen MR) is 71.7 cm³/mol. The minimum Gasteiger partial charge on any atom is -0.479 e. The van der Waals surface area contributed by atoms with Gasteiger partial charge in [0.1, 0.15) is 5.82 Å². The van der Waals surface area contributed by atoms with Gasteiger partial charge in [-0.3, -0.25) is 4.98 Å². The van der Waals surface area contributed by atoms with Crippen LogP contribution < -0.4 is 5.32 Å². The molecule has 0 aliphatic heterocycles. The van der Waals surface area contributed by atoms with Gasteiger partial charge in [-0.05, 0) is 11.4 Å². The zero-order chi connectivity index (χ0) is 14.5. The zero-order valence-corrected chi connectivity index (χ0v) is 11.3. The summed E-state index contributed by atoms with van der Waals surface area (Å²) in [5, 5.41) is 13.7. The highest BCUT2D eigenvalue weighted by atomic mass is 32.1. The Morgan fingerprint density at radius 2 is 2.25 bits per heavy atom. The SMILES string of the molecule is COC(=O)c1cncc(NC(C(=O)O)c2cccs2)n1. The fraction of sp³-hybridized carbons (Fsp3) is 0.167. The van der Waals surface area contributed by atoms with Crippen LogP contribution in [-0.2, 0) is 9.53 Å². The quantitative estimate of drug-likeness (QED) is 0.806. The lowest BCUT2D eigenvalue weighted by Gasteiger charge is -2.13. The number of nitrogens with zero attached hydrogens (tertiary/aromatic N) is 2. The molecule has 0 bridgehead atoms. The minimum absolute atomic E-state index is 0.00724. The van der Waals surface area contributed by atoms with Crippen LogP contribution in [0.5, 0.6) is 0 Å². The van der Waals surface area contributed by atoms with E-state index in [9.17, 15) is 14.7 Å². The molecular formula is C12H11N3O4S. The number of rotatable bonds is 5. The van der Waals surface area contributed by atoms with Crippen molar-refractivity contribution in [1.82, 2.24) is 9.97 Å². The third kappa shape index (κ3) is 3.09. The summed E-state index contributed by atoms with van der Waals surface area (Å²) in [5.41, 5.74) is 0.00724. The molecule has 2 rings (SSSR count). The fourth-order valence-electron chi connectivity index (χ4n) is 1.50. The van der Waals surface area contributed by atoms with Crippen LogP contribution in [0, 0.1) is 0 Å². The van der Waals surface area contributed by atoms with Gasteiger partial charge in [0.25, 0.3) is 0 Å². The van der Waals surface area contributed by atoms with Gasteiger partial charge in [-0.25, -0.2) is 14.6 Å². The molecule has 104 valence electrons. The van der Waals surface area contributed by atoms with E-state index in [0.717, 1.165) is 0 Å². The number of aliphatic carboxylic acids is 1. The highest BCUT2D eigenvalue weighted by Gasteiger charge is 2.21. The van der Waals surface area contributed by atoms with Crippen molar-refractivity contribution in [2.45, 2.75) is 6.04 Å². The van der Waals surface area contributed by atoms with E-state index in [0.29, 0.717) is 4.88 Å². The first-order chi connectivity index (χ1) is 9.61. The van der Waals surface area contributed by atoms with E-state index in [1.54, 1.807) is 17.5 Å². The molecule has 0 saturated heterocycles. The number of aromatic nitrogens is 2. The summed E-state index contributed by atoms with van der Waals surface area (Å²) in [5.74, 6) is -1.49. The topological polar surface area (TPSA) is 101 Å². The summed E-state index contributed by atoms with van der Waals surface area (Å²) in [6.45, 7) is 0. The summed E-state index contributed by atoms with van der Waals surface area (Å²) in [7, 11) is 1.23. The van der Waals surface area contributed by atoms with E-state index in [2.05, 4.69) is 20.0 Å². The second kappa shape index (κ2) is 6.11. The number of carboxylic acid groups (broad SMARTS) is 1. The highest BCUT2D eigenvalue weighted by molar-refractivity contribution is 7.10. The number of nitrogens with one attached hydrogen (secondary N) is 1. The molecule has 2 aromatic heterocycles. The van der Waals surface area contributed by atoms with E-state index >= 15 is 0 Å². The Morgan fingerprint density at radius 3 is 2.85 bits per heavy atom. The van der Waals surface area contributed by atoms with Crippen LogP contribution in [0.2, 0.25) is 0 Å². The minimum atomic E-state index is -1.04. The number of ether oxygens (including phenoxy) is 1. The van der Waals surface area contributed by atoms with Gasteiger partial charge in [-0.2, -0.15) is 0 Å². The van der Waals surface area contributed by atoms with E-state index in [1.165, 1.54) is 30.8 Å². The Labute approximate surface area is 118 Å². The Bertz CT molecular complexity index is 615. The third-order valence-corrected chi connectivity index (χ3v) is 3.33. The average molecular weight is 293 g/mol. The molecule has 1 atom stereocenters. The van der Waals surface area contributed by atoms with Gasteiger partial charge < -0.3 is 15.2 Å². The third-order valence-electron chi connectivity index (χ3n) is 2.40. The molecular weight excluding hydrogens is 282 g/mol. The highest BCUT2D eigenvalue weighted by Crippen LogP contribution is 2.22. The molecule has 0 fully saturated rings. The van der Waals surface area contributed by atoms with Crippen LogP contribution in [0.1, 0.15) is 21.4 Å². The first kappa shape index (κ1) is 13.9. The van der Waals surface area contributed by atoms with Crippen molar-refractivity contribution in [1.29, 1.82) is 0 Å². The molecule has 0 amide bonds. The number of thiophene rings is 1. The Balaban J connectivity index is 2.23. The normalized spacial score (nSPS) is 11.7. The standard InChI is InChI=1S/C12H11N3O4S/c1-19-12(18)7-5-13-6-9(14-7)15-10(11(16)17)8-3-2-4-20-8/h2-6,10H,1H3,(H,14,15)(H,16,17). The first-order valence-corrected chi connectivity index (χ1v) is 6.43. The first-order valence-electron chi connectivity index (χ1n) is 5.55. The number of hydrogen-bond donors (Lipinski definition) is 2. The fourth-order valence-corrected chi connectivity index (χ4v) is 2.26. The second-order valence-corrected chi connectivity index (χ2v) is 4.69. The molecule has 0 radical (unpaired) electrons. The number of methoxy groups -OCH3 is 1. The van der Waals surface area contributed by atoms with Crippen LogP contribution in [0.3, 0.4) is 0 Å². The molecule has 2 N–H and O–H groups in total. The van der Waals surface area contributed by atoms with Crippen LogP contribution >= 0.6 is 11.3 Å². The van der Waals surface area contributed by atoms with Crippen molar-refractivity contribution in [2.24, 2.45) is 0 Å². The lowest BCUT2D eigenvalue weighted by atomic mass is 10.2. The molecule has 1 unspecified atom stereocenters. The maximum atomic E-state index is 11.3. The summed E-state index contributed by atoms with van der Waals surface area (Å²) in [6, 6.07) is 2.51. The second-order valence-electron chi connectivity index (χ2n) is 3.71. The van der Waals surface area contributed by atoms with E-state index in [-0.39, 0.29) is 11.5 Å². The molecule has 0 saturated carbocycles. The molecule has 7 nitrogen and oxygen atoms in total. The van der Waals surface area contributed by atoms with Gasteiger partial charge in [-0.15, -0.1) is 11.3 Å². The maximum absolute atomic E-state index is 11.3. The summed E-state index contributed by atoms with van der Waals surface area (Å²) in [6.07, 6.45) is 2.59. The Hall–Kier alpha value is -2.48. The number of carbonyl (C=O) groups excluding carboxylic acids is 1. The van der Waals surface area contributed by atoms with Gasteiger partial charge >= 0.3 is 11.9 Å². The van der Waals surface area contributed by atoms with Crippen molar-refractivity contribution in [3.8, 4) is 0 Å². The number of carbonyl (C=O) groups is 2. The van der Waals surface area contributed by atoms with Crippen LogP contribution in [0.15, 0.2) is 29.9 Å². The van der Waals surface area contributed by atoms with Crippen LogP contribution in [-0.4, -0.2) is 34.1 Å². The van der Waals surface area contributed by atoms with Crippen molar-refractivity contribution >= 4 is 29.1 Å². The number of esters is 1. The zero-order valence-electron chi connectivity index (χ0n) is 10.4. The van der Waals surface area contributed by atoms with Gasteiger partial charge in [-0.1, -0.05) is 6.07 Å². The van der Waals surface area contributed by atoms with Crippen LogP contribution in [0.4, 0.5) is 5.82 Å². The predicted octanol–water partition coefficient (Wildman–Crippen LogP) is 1.56. The maximum Gasteiger partial charge on any atom is 0.358 e. The molecule has 0 aliphatic carbocycles. The smallest absolute Gasteiger partial charge is 0.358 e. The van der Waals surface area contributed by atoms with Crippen molar-refractivity contribution in [2.75, 3.05) is 12.4 Å². The summed E-state index contributed by atoms with van der Waals surface area (Å²) < 4.78 is 4.53. The van der Waals surface area contributed by atoms with Gasteiger partial charge in [0.2, 0.25) is 0 Å². The molecule has 0 aliphatic rings. The Kier molecular flexibility index (Phi) is 4.26. The van der Waals surface area contributed by atoms with Crippen molar-refractivity contribution < 1.29 is 19.4 Å². The number of hydrogen-bond acceptors (Lipinski definition) is 7. The molecule has 0 spiro atoms. The summed E-state index contributed by atoms with van der Waals surface area (Å²) in [4.78, 5) is 31.1. The average Bonchev–Trinajstić information content (AvgIpc) is 2.97. The number of anilines is 1. The Morgan fingerprint density at radius 1 is 1.45 bits per heavy atom. The summed E-state index contributed by atoms with van der Waals surface area (Å²) >= 11 is 1.31. The lowest BCUT2D eigenvalue weighted by Crippen LogP contribution is -2.20. The molecule has 0 aromatic carbocycles. The molecule has 20 heavy (non-hydrogen) atoms. The van der Waals surface area contributed by atoms with Gasteiger partial charge in [0, 0.05) is 4.88 Å². The van der Waals surface area contributed by atoms with E-state index < -0.39 is 18.0 Å². The largest absolute Gasteiger partial charge is 0.479 e. The van der Waals surface area contributed by atoms with Crippen molar-refractivity contribution in [3.05, 3.63) is 40.5 Å². The van der Waals surface area contributed by atoms with Crippen LogP contribution in [0.25, 0.3) is 0 Å². The van der Waals surface area contributed by atoms with E-state index in [1.807, 2.05) is 0 Å².